The van der Waals surface area contributed by atoms with Crippen molar-refractivity contribution in [2.24, 2.45) is 0 Å². The van der Waals surface area contributed by atoms with E-state index in [1.54, 1.807) is 23.1 Å². The highest BCUT2D eigenvalue weighted by molar-refractivity contribution is 8.26. The number of rotatable bonds is 9. The molecule has 0 unspecified atom stereocenters. The van der Waals surface area contributed by atoms with Crippen LogP contribution in [0.2, 0.25) is 0 Å². The van der Waals surface area contributed by atoms with E-state index < -0.39 is 0 Å². The van der Waals surface area contributed by atoms with E-state index in [4.69, 9.17) is 16.6 Å². The van der Waals surface area contributed by atoms with Gasteiger partial charge in [0, 0.05) is 23.7 Å². The minimum atomic E-state index is -0.119. The highest BCUT2D eigenvalue weighted by Crippen LogP contribution is 2.34. The predicted molar refractivity (Wildman–Crippen MR) is 141 cm³/mol. The van der Waals surface area contributed by atoms with Crippen LogP contribution in [0.4, 0.5) is 0 Å². The van der Waals surface area contributed by atoms with Crippen molar-refractivity contribution in [2.45, 2.75) is 32.7 Å². The molecule has 0 atom stereocenters. The lowest BCUT2D eigenvalue weighted by Gasteiger charge is -2.14. The van der Waals surface area contributed by atoms with Crippen LogP contribution in [0, 0.1) is 0 Å². The van der Waals surface area contributed by atoms with Crippen LogP contribution in [0.3, 0.4) is 0 Å². The van der Waals surface area contributed by atoms with Gasteiger partial charge in [-0.05, 0) is 36.2 Å². The summed E-state index contributed by atoms with van der Waals surface area (Å²) >= 11 is 6.71. The first-order valence-corrected chi connectivity index (χ1v) is 12.6. The van der Waals surface area contributed by atoms with Gasteiger partial charge in [0.1, 0.15) is 15.8 Å². The summed E-state index contributed by atoms with van der Waals surface area (Å²) in [5.74, 6) is 1.06. The van der Waals surface area contributed by atoms with E-state index in [1.165, 1.54) is 11.8 Å². The van der Waals surface area contributed by atoms with Gasteiger partial charge in [0.25, 0.3) is 11.8 Å². The highest BCUT2D eigenvalue weighted by Gasteiger charge is 2.32. The Morgan fingerprint density at radius 3 is 2.56 bits per heavy atom. The summed E-state index contributed by atoms with van der Waals surface area (Å²) in [5.41, 5.74) is 2.51. The average molecular weight is 491 g/mol. The second-order valence-electron chi connectivity index (χ2n) is 8.00. The number of hydrogen-bond donors (Lipinski definition) is 1. The van der Waals surface area contributed by atoms with Gasteiger partial charge in [-0.3, -0.25) is 14.5 Å². The number of amides is 2. The van der Waals surface area contributed by atoms with Crippen LogP contribution in [-0.4, -0.2) is 27.6 Å². The minimum Gasteiger partial charge on any atom is -0.457 e. The summed E-state index contributed by atoms with van der Waals surface area (Å²) in [4.78, 5) is 27.3. The van der Waals surface area contributed by atoms with Crippen LogP contribution in [0.5, 0.6) is 0 Å². The van der Waals surface area contributed by atoms with E-state index in [9.17, 15) is 9.59 Å². The molecule has 0 radical (unpaired) electrons. The van der Waals surface area contributed by atoms with Gasteiger partial charge < -0.3 is 9.73 Å². The summed E-state index contributed by atoms with van der Waals surface area (Å²) in [6.45, 7) is 3.27. The van der Waals surface area contributed by atoms with Crippen LogP contribution in [0.1, 0.15) is 47.9 Å². The molecule has 34 heavy (non-hydrogen) atoms. The van der Waals surface area contributed by atoms with Crippen LogP contribution in [0.25, 0.3) is 17.4 Å². The van der Waals surface area contributed by atoms with Crippen LogP contribution in [0.15, 0.2) is 76.1 Å². The molecule has 1 aliphatic rings. The third-order valence-corrected chi connectivity index (χ3v) is 6.83. The molecule has 1 saturated heterocycles. The van der Waals surface area contributed by atoms with Gasteiger partial charge >= 0.3 is 0 Å². The summed E-state index contributed by atoms with van der Waals surface area (Å²) in [6.07, 6.45) is 4.95. The normalized spacial score (nSPS) is 14.7. The molecule has 0 saturated carbocycles. The van der Waals surface area contributed by atoms with Crippen LogP contribution < -0.4 is 5.32 Å². The largest absolute Gasteiger partial charge is 0.457 e. The predicted octanol–water partition coefficient (Wildman–Crippen LogP) is 6.27. The molecule has 0 spiro atoms. The number of nitrogens with one attached hydrogen (secondary N) is 1. The molecule has 2 heterocycles. The van der Waals surface area contributed by atoms with Gasteiger partial charge in [-0.25, -0.2) is 0 Å². The van der Waals surface area contributed by atoms with Crippen molar-refractivity contribution >= 4 is 46.2 Å². The number of nitrogens with zero attached hydrogens (tertiary/aromatic N) is 1. The van der Waals surface area contributed by atoms with Crippen LogP contribution in [-0.2, 0) is 11.3 Å². The van der Waals surface area contributed by atoms with Gasteiger partial charge in [0.2, 0.25) is 0 Å². The molecule has 4 rings (SSSR count). The first-order chi connectivity index (χ1) is 16.5. The Balaban J connectivity index is 1.41. The van der Waals surface area contributed by atoms with E-state index in [1.807, 2.05) is 54.6 Å². The summed E-state index contributed by atoms with van der Waals surface area (Å²) in [5, 5.41) is 2.95. The molecule has 1 fully saturated rings. The molecule has 2 aromatic carbocycles. The van der Waals surface area contributed by atoms with E-state index in [-0.39, 0.29) is 11.8 Å². The fourth-order valence-corrected chi connectivity index (χ4v) is 4.82. The molecule has 2 amide bonds. The Bertz CT molecular complexity index is 1200. The molecule has 1 aliphatic heterocycles. The van der Waals surface area contributed by atoms with Gasteiger partial charge in [-0.2, -0.15) is 0 Å². The number of benzene rings is 2. The summed E-state index contributed by atoms with van der Waals surface area (Å²) in [7, 11) is 0. The minimum absolute atomic E-state index is 0.0692. The molecule has 5 nitrogen and oxygen atoms in total. The molecule has 0 bridgehead atoms. The monoisotopic (exact) mass is 490 g/mol. The lowest BCUT2D eigenvalue weighted by Crippen LogP contribution is -2.27. The third kappa shape index (κ3) is 5.85. The maximum absolute atomic E-state index is 12.9. The number of hydrogen-bond acceptors (Lipinski definition) is 5. The average Bonchev–Trinajstić information content (AvgIpc) is 3.43. The summed E-state index contributed by atoms with van der Waals surface area (Å²) < 4.78 is 6.49. The second kappa shape index (κ2) is 11.3. The first kappa shape index (κ1) is 24.0. The fraction of sp³-hybridized carbons (Fsp3) is 0.222. The second-order valence-corrected chi connectivity index (χ2v) is 9.67. The first-order valence-electron chi connectivity index (χ1n) is 11.3. The lowest BCUT2D eigenvalue weighted by molar-refractivity contribution is -0.122. The van der Waals surface area contributed by atoms with Gasteiger partial charge in [-0.15, -0.1) is 0 Å². The maximum atomic E-state index is 12.9. The van der Waals surface area contributed by atoms with Gasteiger partial charge in [-0.1, -0.05) is 86.2 Å². The molecule has 1 N–H and O–H groups in total. The topological polar surface area (TPSA) is 62.6 Å². The Morgan fingerprint density at radius 2 is 1.82 bits per heavy atom. The van der Waals surface area contributed by atoms with Crippen molar-refractivity contribution in [3.63, 3.8) is 0 Å². The molecule has 7 heteroatoms. The fourth-order valence-electron chi connectivity index (χ4n) is 3.58. The number of carbonyl (C=O) groups excluding carboxylic acids is 2. The zero-order chi connectivity index (χ0) is 23.9. The maximum Gasteiger partial charge on any atom is 0.266 e. The van der Waals surface area contributed by atoms with E-state index in [2.05, 4.69) is 12.2 Å². The van der Waals surface area contributed by atoms with Crippen molar-refractivity contribution in [2.75, 3.05) is 6.54 Å². The van der Waals surface area contributed by atoms with Crippen molar-refractivity contribution in [3.8, 4) is 11.3 Å². The quantitative estimate of drug-likeness (QED) is 0.218. The Kier molecular flexibility index (Phi) is 7.98. The van der Waals surface area contributed by atoms with Crippen molar-refractivity contribution in [1.82, 2.24) is 10.2 Å². The highest BCUT2D eigenvalue weighted by atomic mass is 32.2. The number of unbranched alkanes of at least 4 members (excludes halogenated alkanes) is 2. The molecular weight excluding hydrogens is 464 g/mol. The third-order valence-electron chi connectivity index (χ3n) is 5.45. The van der Waals surface area contributed by atoms with Gasteiger partial charge in [0.15, 0.2) is 0 Å². The number of thioether (sulfide) groups is 1. The van der Waals surface area contributed by atoms with Crippen molar-refractivity contribution in [3.05, 3.63) is 88.5 Å². The Labute approximate surface area is 209 Å². The number of carbonyl (C=O) groups is 2. The Hall–Kier alpha value is -3.16. The van der Waals surface area contributed by atoms with Crippen molar-refractivity contribution in [1.29, 1.82) is 0 Å². The molecular formula is C27H26N2O3S2. The zero-order valence-corrected chi connectivity index (χ0v) is 20.6. The van der Waals surface area contributed by atoms with E-state index in [0.29, 0.717) is 39.4 Å². The van der Waals surface area contributed by atoms with Gasteiger partial charge in [0.05, 0.1) is 11.4 Å². The SMILES string of the molecule is CCCCCNC(=O)c1ccc(-c2ccc(/C=C3/SC(=S)N(Cc4ccccc4)C3=O)o2)cc1. The molecule has 1 aromatic heterocycles. The number of thiocarbonyl (C=S) groups is 1. The molecule has 174 valence electrons. The standard InChI is InChI=1S/C27H26N2O3S2/c1-2-3-7-16-28-25(30)21-12-10-20(11-13-21)23-15-14-22(32-23)17-24-26(31)29(27(33)34-24)18-19-8-5-4-6-9-19/h4-6,8-15,17H,2-3,7,16,18H2,1H3,(H,28,30)/b24-17+. The number of furan rings is 1. The molecule has 3 aromatic rings. The summed E-state index contributed by atoms with van der Waals surface area (Å²) in [6, 6.07) is 20.8. The van der Waals surface area contributed by atoms with E-state index >= 15 is 0 Å². The van der Waals surface area contributed by atoms with Crippen molar-refractivity contribution < 1.29 is 14.0 Å². The van der Waals surface area contributed by atoms with E-state index in [0.717, 1.165) is 30.4 Å². The molecule has 0 aliphatic carbocycles. The smallest absolute Gasteiger partial charge is 0.266 e. The van der Waals surface area contributed by atoms with Crippen LogP contribution >= 0.6 is 24.0 Å². The lowest BCUT2D eigenvalue weighted by atomic mass is 10.1. The zero-order valence-electron chi connectivity index (χ0n) is 19.0. The Morgan fingerprint density at radius 1 is 1.06 bits per heavy atom.